The van der Waals surface area contributed by atoms with E-state index in [0.29, 0.717) is 52.6 Å². The van der Waals surface area contributed by atoms with Gasteiger partial charge < -0.3 is 9.84 Å². The highest BCUT2D eigenvalue weighted by molar-refractivity contribution is 7.89. The maximum absolute atomic E-state index is 13.5. The van der Waals surface area contributed by atoms with E-state index < -0.39 is 15.9 Å². The molecule has 34 heavy (non-hydrogen) atoms. The number of aromatic nitrogens is 3. The zero-order chi connectivity index (χ0) is 23.9. The number of carbonyl (C=O) groups is 1. The highest BCUT2D eigenvalue weighted by Crippen LogP contribution is 2.38. The number of sulfonamides is 1. The van der Waals surface area contributed by atoms with Crippen LogP contribution in [0, 0.1) is 19.8 Å². The molecule has 1 saturated heterocycles. The van der Waals surface area contributed by atoms with Crippen molar-refractivity contribution in [3.05, 3.63) is 40.7 Å². The van der Waals surface area contributed by atoms with Crippen molar-refractivity contribution in [2.24, 2.45) is 5.92 Å². The molecule has 4 heterocycles. The minimum absolute atomic E-state index is 0.138. The molecule has 1 N–H and O–H groups in total. The molecule has 0 aromatic carbocycles. The van der Waals surface area contributed by atoms with Crippen LogP contribution in [0.5, 0.6) is 0 Å². The van der Waals surface area contributed by atoms with Gasteiger partial charge >= 0.3 is 0 Å². The molecule has 0 radical (unpaired) electrons. The average Bonchev–Trinajstić information content (AvgIpc) is 3.41. The van der Waals surface area contributed by atoms with E-state index in [1.54, 1.807) is 25.3 Å². The maximum Gasteiger partial charge on any atom is 0.244 e. The molecule has 3 aromatic heterocycles. The Morgan fingerprint density at radius 3 is 2.74 bits per heavy atom. The van der Waals surface area contributed by atoms with Crippen LogP contribution in [0.1, 0.15) is 54.4 Å². The van der Waals surface area contributed by atoms with Crippen LogP contribution in [0.15, 0.2) is 33.8 Å². The van der Waals surface area contributed by atoms with Gasteiger partial charge in [-0.25, -0.2) is 13.4 Å². The number of nitrogens with zero attached hydrogens (tertiary/aromatic N) is 4. The Morgan fingerprint density at radius 1 is 1.21 bits per heavy atom. The number of rotatable bonds is 6. The minimum atomic E-state index is -3.77. The second-order valence-corrected chi connectivity index (χ2v) is 12.2. The molecule has 0 spiro atoms. The minimum Gasteiger partial charge on any atom is -0.339 e. The molecule has 3 aromatic rings. The van der Waals surface area contributed by atoms with Crippen molar-refractivity contribution in [2.45, 2.75) is 56.8 Å². The van der Waals surface area contributed by atoms with Crippen LogP contribution in [0.2, 0.25) is 0 Å². The Morgan fingerprint density at radius 2 is 2.03 bits per heavy atom. The molecule has 0 bridgehead atoms. The molecular formula is C23H27N5O4S2. The highest BCUT2D eigenvalue weighted by atomic mass is 32.2. The van der Waals surface area contributed by atoms with E-state index in [9.17, 15) is 13.2 Å². The lowest BCUT2D eigenvalue weighted by molar-refractivity contribution is -0.120. The van der Waals surface area contributed by atoms with Gasteiger partial charge in [0.2, 0.25) is 27.6 Å². The molecule has 2 fully saturated rings. The molecule has 1 aliphatic carbocycles. The topological polar surface area (TPSA) is 118 Å². The fourth-order valence-corrected chi connectivity index (χ4v) is 7.28. The lowest BCUT2D eigenvalue weighted by atomic mass is 9.85. The molecule has 1 aliphatic heterocycles. The smallest absolute Gasteiger partial charge is 0.244 e. The van der Waals surface area contributed by atoms with Crippen molar-refractivity contribution in [1.29, 1.82) is 0 Å². The molecular weight excluding hydrogens is 474 g/mol. The standard InChI is InChI=1S/C23H27N5O4S2/c1-14-8-9-20(24-12-14)25-22(29)17-7-4-10-28(13-17)34(30,31)19-11-18(33-15(19)2)21-26-23(32-27-21)16-5-3-6-16/h8-9,11-12,16-17H,3-7,10,13H2,1-2H3,(H,24,25,29)/t17-/m0/s1. The number of amides is 1. The van der Waals surface area contributed by atoms with Gasteiger partial charge in [0.05, 0.1) is 15.7 Å². The number of pyridine rings is 1. The number of hydrogen-bond donors (Lipinski definition) is 1. The molecule has 9 nitrogen and oxygen atoms in total. The Kier molecular flexibility index (Phi) is 6.26. The second kappa shape index (κ2) is 9.20. The molecule has 11 heteroatoms. The van der Waals surface area contributed by atoms with Crippen LogP contribution in [-0.2, 0) is 14.8 Å². The third-order valence-electron chi connectivity index (χ3n) is 6.52. The van der Waals surface area contributed by atoms with E-state index in [4.69, 9.17) is 4.52 Å². The SMILES string of the molecule is Cc1ccc(NC(=O)[C@H]2CCCN(S(=O)(=O)c3cc(-c4noc(C5CCC5)n4)sc3C)C2)nc1. The van der Waals surface area contributed by atoms with Crippen LogP contribution in [0.4, 0.5) is 5.82 Å². The fraction of sp³-hybridized carbons (Fsp3) is 0.478. The summed E-state index contributed by atoms with van der Waals surface area (Å²) in [6.45, 7) is 4.23. The van der Waals surface area contributed by atoms with E-state index in [2.05, 4.69) is 20.4 Å². The maximum atomic E-state index is 13.5. The normalized spacial score (nSPS) is 19.6. The van der Waals surface area contributed by atoms with Gasteiger partial charge in [-0.1, -0.05) is 17.6 Å². The fourth-order valence-electron chi connectivity index (χ4n) is 4.27. The summed E-state index contributed by atoms with van der Waals surface area (Å²) in [4.78, 5) is 23.1. The van der Waals surface area contributed by atoms with Gasteiger partial charge in [-0.15, -0.1) is 11.3 Å². The first-order valence-corrected chi connectivity index (χ1v) is 13.7. The summed E-state index contributed by atoms with van der Waals surface area (Å²) in [7, 11) is -3.77. The van der Waals surface area contributed by atoms with Gasteiger partial charge in [-0.05, 0) is 57.2 Å². The second-order valence-electron chi connectivity index (χ2n) is 9.03. The van der Waals surface area contributed by atoms with E-state index >= 15 is 0 Å². The first-order chi connectivity index (χ1) is 16.3. The van der Waals surface area contributed by atoms with Crippen LogP contribution < -0.4 is 5.32 Å². The molecule has 1 amide bonds. The van der Waals surface area contributed by atoms with Crippen molar-refractivity contribution in [2.75, 3.05) is 18.4 Å². The first-order valence-electron chi connectivity index (χ1n) is 11.5. The van der Waals surface area contributed by atoms with Crippen LogP contribution in [0.25, 0.3) is 10.7 Å². The number of nitrogens with one attached hydrogen (secondary N) is 1. The third kappa shape index (κ3) is 4.51. The largest absolute Gasteiger partial charge is 0.339 e. The highest BCUT2D eigenvalue weighted by Gasteiger charge is 2.35. The molecule has 2 aliphatic rings. The van der Waals surface area contributed by atoms with Crippen molar-refractivity contribution < 1.29 is 17.7 Å². The zero-order valence-electron chi connectivity index (χ0n) is 19.2. The van der Waals surface area contributed by atoms with Crippen LogP contribution in [0.3, 0.4) is 0 Å². The van der Waals surface area contributed by atoms with Crippen molar-refractivity contribution in [3.63, 3.8) is 0 Å². The quantitative estimate of drug-likeness (QED) is 0.540. The molecule has 0 unspecified atom stereocenters. The monoisotopic (exact) mass is 501 g/mol. The number of piperidine rings is 1. The lowest BCUT2D eigenvalue weighted by Gasteiger charge is -2.31. The summed E-state index contributed by atoms with van der Waals surface area (Å²) in [5.41, 5.74) is 0.999. The lowest BCUT2D eigenvalue weighted by Crippen LogP contribution is -2.43. The molecule has 5 rings (SSSR count). The molecule has 1 atom stereocenters. The van der Waals surface area contributed by atoms with Gasteiger partial charge in [0.1, 0.15) is 5.82 Å². The summed E-state index contributed by atoms with van der Waals surface area (Å²) in [6.07, 6.45) is 6.19. The number of anilines is 1. The van der Waals surface area contributed by atoms with E-state index in [1.807, 2.05) is 13.0 Å². The molecule has 1 saturated carbocycles. The molecule has 180 valence electrons. The van der Waals surface area contributed by atoms with E-state index in [0.717, 1.165) is 18.4 Å². The Hall–Kier alpha value is -2.63. The van der Waals surface area contributed by atoms with Gasteiger partial charge in [0.15, 0.2) is 0 Å². The first kappa shape index (κ1) is 23.1. The third-order valence-corrected chi connectivity index (χ3v) is 9.69. The summed E-state index contributed by atoms with van der Waals surface area (Å²) in [5.74, 6) is 1.19. The van der Waals surface area contributed by atoms with E-state index in [-0.39, 0.29) is 17.3 Å². The summed E-state index contributed by atoms with van der Waals surface area (Å²) in [6, 6.07) is 5.25. The van der Waals surface area contributed by atoms with Gasteiger partial charge in [0.25, 0.3) is 0 Å². The van der Waals surface area contributed by atoms with Crippen molar-refractivity contribution >= 4 is 33.1 Å². The van der Waals surface area contributed by atoms with Crippen LogP contribution >= 0.6 is 11.3 Å². The summed E-state index contributed by atoms with van der Waals surface area (Å²) >= 11 is 1.34. The van der Waals surface area contributed by atoms with Gasteiger partial charge in [-0.3, -0.25) is 4.79 Å². The van der Waals surface area contributed by atoms with Gasteiger partial charge in [-0.2, -0.15) is 9.29 Å². The zero-order valence-corrected chi connectivity index (χ0v) is 20.8. The van der Waals surface area contributed by atoms with Crippen molar-refractivity contribution in [3.8, 4) is 10.7 Å². The number of aryl methyl sites for hydroxylation is 2. The summed E-state index contributed by atoms with van der Waals surface area (Å²) in [5, 5.41) is 6.89. The van der Waals surface area contributed by atoms with Crippen LogP contribution in [-0.4, -0.2) is 46.8 Å². The Bertz CT molecular complexity index is 1300. The predicted octanol–water partition coefficient (Wildman–Crippen LogP) is 4.12. The predicted molar refractivity (Wildman–Crippen MR) is 128 cm³/mol. The summed E-state index contributed by atoms with van der Waals surface area (Å²) < 4.78 is 33.8. The number of thiophene rings is 1. The van der Waals surface area contributed by atoms with Crippen molar-refractivity contribution in [1.82, 2.24) is 19.4 Å². The average molecular weight is 502 g/mol. The Labute approximate surface area is 202 Å². The van der Waals surface area contributed by atoms with E-state index in [1.165, 1.54) is 22.1 Å². The number of hydrogen-bond acceptors (Lipinski definition) is 8. The van der Waals surface area contributed by atoms with Gasteiger partial charge in [0, 0.05) is 30.1 Å². The number of carbonyl (C=O) groups excluding carboxylic acids is 1. The Balaban J connectivity index is 1.31.